The average molecular weight is 813 g/mol. The van der Waals surface area contributed by atoms with Crippen molar-refractivity contribution in [2.45, 2.75) is 32.1 Å². The van der Waals surface area contributed by atoms with Gasteiger partial charge in [0, 0.05) is 53.9 Å². The Bertz CT molecular complexity index is 3100. The molecule has 0 bridgehead atoms. The molecule has 14 heteroatoms. The number of allylic oxidation sites excluding steroid dienone is 6. The van der Waals surface area contributed by atoms with Crippen molar-refractivity contribution >= 4 is 90.2 Å². The Morgan fingerprint density at radius 1 is 0.618 bits per heavy atom. The molecule has 6 aliphatic rings. The third-order valence-corrected chi connectivity index (χ3v) is 15.0. The topological polar surface area (TPSA) is 15.9 Å². The molecule has 0 saturated carbocycles. The summed E-state index contributed by atoms with van der Waals surface area (Å²) in [7, 11) is 0. The zero-order chi connectivity index (χ0) is 37.5. The van der Waals surface area contributed by atoms with E-state index in [4.69, 9.17) is 0 Å². The van der Waals surface area contributed by atoms with Crippen LogP contribution in [0.1, 0.15) is 35.0 Å². The van der Waals surface area contributed by atoms with Gasteiger partial charge in [0.2, 0.25) is 22.8 Å². The third-order valence-electron chi connectivity index (χ3n) is 11.4. The second-order valence-corrected chi connectivity index (χ2v) is 17.8. The first-order valence-corrected chi connectivity index (χ1v) is 20.7. The summed E-state index contributed by atoms with van der Waals surface area (Å²) in [6.07, 6.45) is -6.47. The maximum Gasteiger partial charge on any atom is 0.553 e. The van der Waals surface area contributed by atoms with Gasteiger partial charge in [-0.05, 0) is 71.8 Å². The Hall–Kier alpha value is -5.02. The van der Waals surface area contributed by atoms with Gasteiger partial charge in [-0.1, -0.05) is 33.4 Å². The number of halogens is 6. The largest absolute Gasteiger partial charge is 0.553 e. The minimum absolute atomic E-state index is 0.0696. The first kappa shape index (κ1) is 32.2. The third kappa shape index (κ3) is 3.70. The number of nitrogens with zero attached hydrogens (tertiary/aromatic N) is 4. The number of rotatable bonds is 4. The standard InChI is InChI=1S/C41H22F6N4S4/c1-19-25-15-21(29-7-3-11-52-29)35-20(2)26-16-23(31-9-5-13-54-31)37-34(40(45,46)47)28-18-24(32-10-6-14-55-32)38-33(39(42,43)44)27-17-22(30-8-4-12-53-30)36(19)50(27)41(48(25)35,49(26)37)51(28)38/h3-18H,1-2H3/q+2. The van der Waals surface area contributed by atoms with E-state index in [9.17, 15) is 0 Å². The van der Waals surface area contributed by atoms with Crippen molar-refractivity contribution < 1.29 is 35.5 Å². The Balaban J connectivity index is 1.40. The van der Waals surface area contributed by atoms with E-state index >= 15 is 26.3 Å². The summed E-state index contributed by atoms with van der Waals surface area (Å²) >= 11 is 5.50. The molecule has 270 valence electrons. The molecule has 1 spiro atoms. The van der Waals surface area contributed by atoms with Gasteiger partial charge in [0.15, 0.2) is 11.1 Å². The highest BCUT2D eigenvalue weighted by atomic mass is 32.1. The molecule has 12 rings (SSSR count). The quantitative estimate of drug-likeness (QED) is 0.125. The predicted octanol–water partition coefficient (Wildman–Crippen LogP) is 10.0. The molecule has 55 heavy (non-hydrogen) atoms. The van der Waals surface area contributed by atoms with Gasteiger partial charge in [-0.25, -0.2) is 0 Å². The summed E-state index contributed by atoms with van der Waals surface area (Å²) in [5.74, 6) is -1.79. The fourth-order valence-corrected chi connectivity index (χ4v) is 12.5. The van der Waals surface area contributed by atoms with Gasteiger partial charge < -0.3 is 0 Å². The molecule has 1 unspecified atom stereocenters. The van der Waals surface area contributed by atoms with Gasteiger partial charge in [0.25, 0.3) is 0 Å². The minimum Gasteiger partial charge on any atom is -0.198 e. The lowest BCUT2D eigenvalue weighted by molar-refractivity contribution is -0.834. The fraction of sp³-hybridized carbons (Fsp3) is 0.122. The second-order valence-electron chi connectivity index (χ2n) is 14.0. The number of thiophene rings is 4. The van der Waals surface area contributed by atoms with E-state index in [-0.39, 0.29) is 28.3 Å². The van der Waals surface area contributed by atoms with Gasteiger partial charge in [-0.2, -0.15) is 35.5 Å². The molecule has 0 aliphatic carbocycles. The number of aromatic nitrogens is 2. The predicted molar refractivity (Wildman–Crippen MR) is 207 cm³/mol. The molecule has 0 amide bonds. The molecule has 12 heterocycles. The van der Waals surface area contributed by atoms with Gasteiger partial charge in [-0.15, -0.1) is 45.3 Å². The van der Waals surface area contributed by atoms with Crippen LogP contribution in [0.5, 0.6) is 0 Å². The van der Waals surface area contributed by atoms with Crippen molar-refractivity contribution in [2.75, 3.05) is 0 Å². The van der Waals surface area contributed by atoms with Crippen molar-refractivity contribution in [3.8, 4) is 20.9 Å². The Morgan fingerprint density at radius 3 is 1.78 bits per heavy atom. The molecule has 1 atom stereocenters. The summed E-state index contributed by atoms with van der Waals surface area (Å²) in [6.45, 7) is 3.83. The Kier molecular flexibility index (Phi) is 6.00. The molecule has 6 aromatic rings. The van der Waals surface area contributed by atoms with Crippen LogP contribution in [-0.2, 0) is 5.91 Å². The first-order valence-electron chi connectivity index (χ1n) is 17.2. The number of hydrogen-bond acceptors (Lipinski definition) is 4. The average Bonchev–Trinajstić information content (AvgIpc) is 3.99. The number of alkyl halides is 6. The van der Waals surface area contributed by atoms with E-state index in [0.29, 0.717) is 32.3 Å². The molecular formula is C41H22F6N4S4+2. The lowest BCUT2D eigenvalue weighted by Gasteiger charge is -2.41. The van der Waals surface area contributed by atoms with Gasteiger partial charge >= 0.3 is 18.3 Å². The van der Waals surface area contributed by atoms with Crippen LogP contribution < -0.4 is 10.7 Å². The van der Waals surface area contributed by atoms with Crippen LogP contribution in [0.2, 0.25) is 0 Å². The van der Waals surface area contributed by atoms with Crippen molar-refractivity contribution in [2.24, 2.45) is 0 Å². The highest BCUT2D eigenvalue weighted by Crippen LogP contribution is 2.60. The molecule has 0 radical (unpaired) electrons. The lowest BCUT2D eigenvalue weighted by Crippen LogP contribution is -2.71. The zero-order valence-electron chi connectivity index (χ0n) is 28.4. The summed E-state index contributed by atoms with van der Waals surface area (Å²) in [4.78, 5) is 2.80. The van der Waals surface area contributed by atoms with Gasteiger partial charge in [0.1, 0.15) is 0 Å². The molecule has 6 aliphatic heterocycles. The minimum atomic E-state index is -4.95. The van der Waals surface area contributed by atoms with Crippen molar-refractivity contribution in [1.82, 2.24) is 9.13 Å². The summed E-state index contributed by atoms with van der Waals surface area (Å²) in [6, 6.07) is 18.1. The van der Waals surface area contributed by atoms with E-state index in [2.05, 4.69) is 6.07 Å². The summed E-state index contributed by atoms with van der Waals surface area (Å²) in [5.41, 5.74) is 1.77. The van der Waals surface area contributed by atoms with Crippen molar-refractivity contribution in [3.05, 3.63) is 138 Å². The van der Waals surface area contributed by atoms with Crippen LogP contribution in [0.15, 0.2) is 106 Å². The first-order chi connectivity index (χ1) is 26.4. The fourth-order valence-electron chi connectivity index (χ4n) is 9.56. The SMILES string of the molecule is CC1=c2cc(-c3cccs3)c3n2C24n5c(cc(-c6cccs6)c5C(C(F)(F)F)=C5C=C(c6cccs6)C1=[N+]52)C(C(F)(F)F)=C1C(c2cccs2)=CC(=[N+]14)C=3C. The van der Waals surface area contributed by atoms with Crippen LogP contribution >= 0.6 is 45.3 Å². The Labute approximate surface area is 323 Å². The van der Waals surface area contributed by atoms with Crippen molar-refractivity contribution in [3.63, 3.8) is 0 Å². The number of hydrogen-bond donors (Lipinski definition) is 0. The highest BCUT2D eigenvalue weighted by molar-refractivity contribution is 7.14. The monoisotopic (exact) mass is 812 g/mol. The molecular weight excluding hydrogens is 791 g/mol. The molecule has 4 nitrogen and oxygen atoms in total. The zero-order valence-corrected chi connectivity index (χ0v) is 31.7. The summed E-state index contributed by atoms with van der Waals surface area (Å²) < 4.78 is 104. The van der Waals surface area contributed by atoms with Crippen LogP contribution in [0, 0.1) is 0 Å². The molecule has 0 aromatic carbocycles. The lowest BCUT2D eigenvalue weighted by atomic mass is 9.97. The smallest absolute Gasteiger partial charge is 0.198 e. The van der Waals surface area contributed by atoms with Crippen LogP contribution in [-0.4, -0.2) is 42.1 Å². The highest BCUT2D eigenvalue weighted by Gasteiger charge is 2.77. The maximum absolute atomic E-state index is 16.2. The maximum atomic E-state index is 16.2. The normalized spacial score (nSPS) is 20.7. The van der Waals surface area contributed by atoms with E-state index in [1.165, 1.54) is 44.6 Å². The molecule has 0 saturated heterocycles. The van der Waals surface area contributed by atoms with Crippen LogP contribution in [0.4, 0.5) is 26.3 Å². The Morgan fingerprint density at radius 2 is 1.20 bits per heavy atom. The van der Waals surface area contributed by atoms with Crippen LogP contribution in [0.3, 0.4) is 0 Å². The van der Waals surface area contributed by atoms with E-state index in [1.54, 1.807) is 56.2 Å². The van der Waals surface area contributed by atoms with E-state index < -0.39 is 29.4 Å². The van der Waals surface area contributed by atoms with Crippen molar-refractivity contribution in [1.29, 1.82) is 0 Å². The molecule has 6 aromatic heterocycles. The summed E-state index contributed by atoms with van der Waals surface area (Å²) in [5, 5.41) is 8.91. The molecule has 0 fully saturated rings. The second kappa shape index (κ2) is 10.2. The van der Waals surface area contributed by atoms with Gasteiger partial charge in [0.05, 0.1) is 33.2 Å². The van der Waals surface area contributed by atoms with Gasteiger partial charge in [-0.3, -0.25) is 0 Å². The van der Waals surface area contributed by atoms with E-state index in [1.807, 2.05) is 64.9 Å². The van der Waals surface area contributed by atoms with Crippen LogP contribution in [0.25, 0.3) is 54.3 Å². The molecule has 0 N–H and O–H groups in total. The van der Waals surface area contributed by atoms with E-state index in [0.717, 1.165) is 37.2 Å².